The third-order valence-electron chi connectivity index (χ3n) is 3.25. The molecule has 0 unspecified atom stereocenters. The number of nitrogens with zero attached hydrogens (tertiary/aromatic N) is 2. The monoisotopic (exact) mass is 292 g/mol. The summed E-state index contributed by atoms with van der Waals surface area (Å²) in [5.41, 5.74) is 3.51. The molecule has 1 N–H and O–H groups in total. The maximum atomic E-state index is 11.4. The Morgan fingerprint density at radius 2 is 1.95 bits per heavy atom. The van der Waals surface area contributed by atoms with Crippen LogP contribution >= 0.6 is 11.6 Å². The van der Waals surface area contributed by atoms with Crippen LogP contribution in [0, 0.1) is 13.8 Å². The van der Waals surface area contributed by atoms with Crippen molar-refractivity contribution in [3.63, 3.8) is 0 Å². The van der Waals surface area contributed by atoms with Gasteiger partial charge in [0.1, 0.15) is 10.7 Å². The van der Waals surface area contributed by atoms with Crippen LogP contribution in [0.4, 0.5) is 0 Å². The summed E-state index contributed by atoms with van der Waals surface area (Å²) in [6, 6.07) is 5.87. The summed E-state index contributed by atoms with van der Waals surface area (Å²) in [5.74, 6) is -1.03. The standard InChI is InChI=1S/C15H17ClN2O2/c1-4-6-11-12(15(19)20)14(16)18(17-11)13-9(2)7-5-8-10(13)3/h5,7-8H,4,6H2,1-3H3,(H,19,20). The fourth-order valence-corrected chi connectivity index (χ4v) is 2.66. The van der Waals surface area contributed by atoms with Crippen molar-refractivity contribution in [3.8, 4) is 5.69 Å². The lowest BCUT2D eigenvalue weighted by molar-refractivity contribution is 0.0696. The predicted octanol–water partition coefficient (Wildman–Crippen LogP) is 3.79. The molecular formula is C15H17ClN2O2. The molecule has 0 saturated heterocycles. The van der Waals surface area contributed by atoms with Gasteiger partial charge in [-0.1, -0.05) is 43.1 Å². The largest absolute Gasteiger partial charge is 0.478 e. The Kier molecular flexibility index (Phi) is 4.14. The summed E-state index contributed by atoms with van der Waals surface area (Å²) >= 11 is 6.26. The molecule has 0 fully saturated rings. The Bertz CT molecular complexity index is 642. The third-order valence-corrected chi connectivity index (χ3v) is 3.60. The zero-order chi connectivity index (χ0) is 14.9. The summed E-state index contributed by atoms with van der Waals surface area (Å²) in [4.78, 5) is 11.4. The van der Waals surface area contributed by atoms with Gasteiger partial charge in [0.15, 0.2) is 0 Å². The normalized spacial score (nSPS) is 10.8. The molecule has 0 atom stereocenters. The molecular weight excluding hydrogens is 276 g/mol. The van der Waals surface area contributed by atoms with Gasteiger partial charge in [0.05, 0.1) is 11.4 Å². The molecule has 2 rings (SSSR count). The summed E-state index contributed by atoms with van der Waals surface area (Å²) < 4.78 is 1.54. The van der Waals surface area contributed by atoms with E-state index in [1.165, 1.54) is 0 Å². The van der Waals surface area contributed by atoms with Crippen molar-refractivity contribution in [2.75, 3.05) is 0 Å². The molecule has 0 aliphatic rings. The fourth-order valence-electron chi connectivity index (χ4n) is 2.35. The highest BCUT2D eigenvalue weighted by Gasteiger charge is 2.23. The quantitative estimate of drug-likeness (QED) is 0.932. The second-order valence-electron chi connectivity index (χ2n) is 4.82. The molecule has 5 heteroatoms. The van der Waals surface area contributed by atoms with E-state index in [9.17, 15) is 9.90 Å². The molecule has 4 nitrogen and oxygen atoms in total. The molecule has 2 aromatic rings. The number of aromatic nitrogens is 2. The number of halogens is 1. The van der Waals surface area contributed by atoms with Crippen LogP contribution in [0.3, 0.4) is 0 Å². The van der Waals surface area contributed by atoms with Crippen LogP contribution in [0.5, 0.6) is 0 Å². The lowest BCUT2D eigenvalue weighted by atomic mass is 10.1. The molecule has 20 heavy (non-hydrogen) atoms. The SMILES string of the molecule is CCCc1nn(-c2c(C)cccc2C)c(Cl)c1C(=O)O. The Morgan fingerprint density at radius 3 is 2.45 bits per heavy atom. The van der Waals surface area contributed by atoms with E-state index in [2.05, 4.69) is 5.10 Å². The van der Waals surface area contributed by atoms with Gasteiger partial charge in [0.25, 0.3) is 0 Å². The maximum Gasteiger partial charge on any atom is 0.340 e. The maximum absolute atomic E-state index is 11.4. The number of benzene rings is 1. The number of rotatable bonds is 4. The molecule has 0 aliphatic heterocycles. The first kappa shape index (κ1) is 14.6. The van der Waals surface area contributed by atoms with Gasteiger partial charge >= 0.3 is 5.97 Å². The summed E-state index contributed by atoms with van der Waals surface area (Å²) in [6.07, 6.45) is 1.42. The lowest BCUT2D eigenvalue weighted by Crippen LogP contribution is -2.03. The van der Waals surface area contributed by atoms with E-state index in [0.29, 0.717) is 12.1 Å². The van der Waals surface area contributed by atoms with Crippen molar-refractivity contribution in [1.29, 1.82) is 0 Å². The number of aryl methyl sites for hydroxylation is 3. The molecule has 0 spiro atoms. The van der Waals surface area contributed by atoms with E-state index in [-0.39, 0.29) is 10.7 Å². The highest BCUT2D eigenvalue weighted by molar-refractivity contribution is 6.33. The number of hydrogen-bond acceptors (Lipinski definition) is 2. The van der Waals surface area contributed by atoms with Gasteiger partial charge in [0, 0.05) is 0 Å². The number of carbonyl (C=O) groups is 1. The van der Waals surface area contributed by atoms with E-state index in [1.807, 2.05) is 39.0 Å². The smallest absolute Gasteiger partial charge is 0.340 e. The fraction of sp³-hybridized carbons (Fsp3) is 0.333. The van der Waals surface area contributed by atoms with Crippen LogP contribution in [-0.2, 0) is 6.42 Å². The minimum atomic E-state index is -1.03. The molecule has 106 valence electrons. The first-order chi connectivity index (χ1) is 9.47. The lowest BCUT2D eigenvalue weighted by Gasteiger charge is -2.10. The molecule has 1 aromatic heterocycles. The van der Waals surface area contributed by atoms with Gasteiger partial charge in [-0.25, -0.2) is 9.48 Å². The molecule has 0 radical (unpaired) electrons. The van der Waals surface area contributed by atoms with Crippen LogP contribution in [0.1, 0.15) is 40.5 Å². The molecule has 0 saturated carbocycles. The number of carboxylic acids is 1. The zero-order valence-corrected chi connectivity index (χ0v) is 12.5. The molecule has 0 amide bonds. The third kappa shape index (κ3) is 2.43. The highest BCUT2D eigenvalue weighted by Crippen LogP contribution is 2.28. The van der Waals surface area contributed by atoms with Gasteiger partial charge in [-0.3, -0.25) is 0 Å². The van der Waals surface area contributed by atoms with Crippen molar-refractivity contribution >= 4 is 17.6 Å². The van der Waals surface area contributed by atoms with Crippen molar-refractivity contribution in [3.05, 3.63) is 45.7 Å². The van der Waals surface area contributed by atoms with E-state index < -0.39 is 5.97 Å². The number of aromatic carboxylic acids is 1. The zero-order valence-electron chi connectivity index (χ0n) is 11.8. The van der Waals surface area contributed by atoms with Crippen LogP contribution in [0.25, 0.3) is 5.69 Å². The van der Waals surface area contributed by atoms with E-state index >= 15 is 0 Å². The van der Waals surface area contributed by atoms with E-state index in [1.54, 1.807) is 4.68 Å². The molecule has 1 heterocycles. The van der Waals surface area contributed by atoms with Gasteiger partial charge in [-0.2, -0.15) is 5.10 Å². The Balaban J connectivity index is 2.70. The van der Waals surface area contributed by atoms with Gasteiger partial charge < -0.3 is 5.11 Å². The van der Waals surface area contributed by atoms with Crippen molar-refractivity contribution in [2.45, 2.75) is 33.6 Å². The predicted molar refractivity (Wildman–Crippen MR) is 79.0 cm³/mol. The topological polar surface area (TPSA) is 55.1 Å². The van der Waals surface area contributed by atoms with Gasteiger partial charge in [-0.05, 0) is 31.4 Å². The second-order valence-corrected chi connectivity index (χ2v) is 5.18. The minimum absolute atomic E-state index is 0.108. The average Bonchev–Trinajstić information content (AvgIpc) is 2.67. The Morgan fingerprint density at radius 1 is 1.35 bits per heavy atom. The van der Waals surface area contributed by atoms with Crippen LogP contribution in [-0.4, -0.2) is 20.9 Å². The van der Waals surface area contributed by atoms with Gasteiger partial charge in [-0.15, -0.1) is 0 Å². The van der Waals surface area contributed by atoms with E-state index in [4.69, 9.17) is 11.6 Å². The molecule has 0 bridgehead atoms. The van der Waals surface area contributed by atoms with Crippen molar-refractivity contribution in [2.24, 2.45) is 0 Å². The first-order valence-electron chi connectivity index (χ1n) is 6.54. The Hall–Kier alpha value is -1.81. The first-order valence-corrected chi connectivity index (χ1v) is 6.92. The second kappa shape index (κ2) is 5.67. The summed E-state index contributed by atoms with van der Waals surface area (Å²) in [6.45, 7) is 5.90. The average molecular weight is 293 g/mol. The van der Waals surface area contributed by atoms with Crippen molar-refractivity contribution < 1.29 is 9.90 Å². The number of para-hydroxylation sites is 1. The number of hydrogen-bond donors (Lipinski definition) is 1. The van der Waals surface area contributed by atoms with Crippen molar-refractivity contribution in [1.82, 2.24) is 9.78 Å². The highest BCUT2D eigenvalue weighted by atomic mass is 35.5. The number of carboxylic acid groups (broad SMARTS) is 1. The van der Waals surface area contributed by atoms with E-state index in [0.717, 1.165) is 23.2 Å². The Labute approximate surface area is 123 Å². The van der Waals surface area contributed by atoms with Crippen LogP contribution in [0.15, 0.2) is 18.2 Å². The van der Waals surface area contributed by atoms with Crippen LogP contribution < -0.4 is 0 Å². The molecule has 0 aliphatic carbocycles. The summed E-state index contributed by atoms with van der Waals surface area (Å²) in [7, 11) is 0. The van der Waals surface area contributed by atoms with Crippen LogP contribution in [0.2, 0.25) is 5.15 Å². The van der Waals surface area contributed by atoms with Gasteiger partial charge in [0.2, 0.25) is 0 Å². The minimum Gasteiger partial charge on any atom is -0.478 e. The molecule has 1 aromatic carbocycles. The summed E-state index contributed by atoms with van der Waals surface area (Å²) in [5, 5.41) is 13.9.